The molecule has 0 aliphatic heterocycles. The van der Waals surface area contributed by atoms with Gasteiger partial charge in [0.1, 0.15) is 0 Å². The van der Waals surface area contributed by atoms with Crippen LogP contribution in [0.4, 0.5) is 5.95 Å². The van der Waals surface area contributed by atoms with E-state index in [-0.39, 0.29) is 5.54 Å². The number of methoxy groups -OCH3 is 1. The highest BCUT2D eigenvalue weighted by Gasteiger charge is 2.24. The van der Waals surface area contributed by atoms with Crippen molar-refractivity contribution in [3.63, 3.8) is 0 Å². The summed E-state index contributed by atoms with van der Waals surface area (Å²) in [5, 5.41) is 0.844. The summed E-state index contributed by atoms with van der Waals surface area (Å²) in [6.07, 6.45) is 1.70. The van der Waals surface area contributed by atoms with E-state index in [0.29, 0.717) is 11.8 Å². The lowest BCUT2D eigenvalue weighted by Gasteiger charge is -2.33. The number of hydrogen-bond donors (Lipinski definition) is 0. The largest absolute Gasteiger partial charge is 0.481 e. The van der Waals surface area contributed by atoms with Gasteiger partial charge in [-0.2, -0.15) is 4.98 Å². The zero-order valence-corrected chi connectivity index (χ0v) is 11.1. The van der Waals surface area contributed by atoms with Crippen molar-refractivity contribution in [1.29, 1.82) is 0 Å². The third-order valence-electron chi connectivity index (χ3n) is 2.36. The minimum atomic E-state index is -0.0354. The zero-order valence-electron chi connectivity index (χ0n) is 9.49. The number of aromatic nitrogens is 2. The molecule has 0 aliphatic rings. The molecule has 0 spiro atoms. The Morgan fingerprint density at radius 1 is 1.53 bits per heavy atom. The summed E-state index contributed by atoms with van der Waals surface area (Å²) in [5.74, 6) is 1.25. The van der Waals surface area contributed by atoms with Gasteiger partial charge in [-0.1, -0.05) is 15.9 Å². The normalized spacial score (nSPS) is 11.3. The number of rotatable bonds is 4. The molecule has 0 N–H and O–H groups in total. The van der Waals surface area contributed by atoms with Crippen LogP contribution in [0.25, 0.3) is 0 Å². The van der Waals surface area contributed by atoms with Crippen LogP contribution in [0.5, 0.6) is 5.88 Å². The van der Waals surface area contributed by atoms with Crippen molar-refractivity contribution in [2.24, 2.45) is 0 Å². The van der Waals surface area contributed by atoms with Crippen molar-refractivity contribution in [3.05, 3.63) is 12.3 Å². The van der Waals surface area contributed by atoms with Crippen LogP contribution in [-0.2, 0) is 0 Å². The molecule has 1 aromatic rings. The fourth-order valence-corrected chi connectivity index (χ4v) is 1.34. The van der Waals surface area contributed by atoms with Crippen LogP contribution >= 0.6 is 15.9 Å². The topological polar surface area (TPSA) is 38.2 Å². The molecule has 15 heavy (non-hydrogen) atoms. The van der Waals surface area contributed by atoms with E-state index in [0.717, 1.165) is 5.33 Å². The lowest BCUT2D eigenvalue weighted by molar-refractivity contribution is 0.395. The van der Waals surface area contributed by atoms with Gasteiger partial charge in [-0.15, -0.1) is 0 Å². The maximum absolute atomic E-state index is 5.06. The SMILES string of the molecule is COc1ccnc(N(C)C(C)(C)CBr)n1. The summed E-state index contributed by atoms with van der Waals surface area (Å²) >= 11 is 3.48. The number of halogens is 1. The molecule has 4 nitrogen and oxygen atoms in total. The van der Waals surface area contributed by atoms with E-state index in [1.54, 1.807) is 19.4 Å². The molecule has 0 unspecified atom stereocenters. The van der Waals surface area contributed by atoms with Gasteiger partial charge >= 0.3 is 0 Å². The van der Waals surface area contributed by atoms with Gasteiger partial charge in [-0.05, 0) is 13.8 Å². The van der Waals surface area contributed by atoms with Gasteiger partial charge in [0.2, 0.25) is 11.8 Å². The van der Waals surface area contributed by atoms with E-state index >= 15 is 0 Å². The number of hydrogen-bond acceptors (Lipinski definition) is 4. The van der Waals surface area contributed by atoms with Crippen LogP contribution in [0, 0.1) is 0 Å². The molecule has 0 saturated carbocycles. The average molecular weight is 274 g/mol. The predicted molar refractivity (Wildman–Crippen MR) is 64.9 cm³/mol. The fraction of sp³-hybridized carbons (Fsp3) is 0.600. The molecule has 1 heterocycles. The number of nitrogens with zero attached hydrogens (tertiary/aromatic N) is 3. The highest BCUT2D eigenvalue weighted by atomic mass is 79.9. The lowest BCUT2D eigenvalue weighted by Crippen LogP contribution is -2.43. The Kier molecular flexibility index (Phi) is 3.90. The number of anilines is 1. The highest BCUT2D eigenvalue weighted by molar-refractivity contribution is 9.09. The van der Waals surface area contributed by atoms with Crippen LogP contribution in [-0.4, -0.2) is 35.0 Å². The monoisotopic (exact) mass is 273 g/mol. The molecule has 0 fully saturated rings. The van der Waals surface area contributed by atoms with Gasteiger partial charge in [-0.25, -0.2) is 4.98 Å². The average Bonchev–Trinajstić information content (AvgIpc) is 2.28. The van der Waals surface area contributed by atoms with Crippen molar-refractivity contribution in [2.75, 3.05) is 24.4 Å². The first kappa shape index (κ1) is 12.2. The van der Waals surface area contributed by atoms with E-state index in [1.807, 2.05) is 11.9 Å². The molecular weight excluding hydrogens is 258 g/mol. The summed E-state index contributed by atoms with van der Waals surface area (Å²) in [6.45, 7) is 4.23. The maximum Gasteiger partial charge on any atom is 0.228 e. The van der Waals surface area contributed by atoms with Crippen molar-refractivity contribution < 1.29 is 4.74 Å². The zero-order chi connectivity index (χ0) is 11.5. The van der Waals surface area contributed by atoms with E-state index < -0.39 is 0 Å². The first-order chi connectivity index (χ1) is 7.01. The predicted octanol–water partition coefficient (Wildman–Crippen LogP) is 2.09. The maximum atomic E-state index is 5.06. The summed E-state index contributed by atoms with van der Waals surface area (Å²) in [7, 11) is 3.57. The molecule has 1 rings (SSSR count). The van der Waals surface area contributed by atoms with E-state index in [1.165, 1.54) is 0 Å². The Hall–Kier alpha value is -0.840. The molecule has 84 valence electrons. The van der Waals surface area contributed by atoms with Gasteiger partial charge < -0.3 is 9.64 Å². The first-order valence-electron chi connectivity index (χ1n) is 4.68. The second-order valence-corrected chi connectivity index (χ2v) is 4.46. The standard InChI is InChI=1S/C10H16BrN3O/c1-10(2,7-11)14(3)9-12-6-5-8(13-9)15-4/h5-6H,7H2,1-4H3. The van der Waals surface area contributed by atoms with Crippen molar-refractivity contribution in [2.45, 2.75) is 19.4 Å². The minimum Gasteiger partial charge on any atom is -0.481 e. The van der Waals surface area contributed by atoms with Crippen molar-refractivity contribution in [3.8, 4) is 5.88 Å². The molecule has 0 amide bonds. The Morgan fingerprint density at radius 3 is 2.73 bits per heavy atom. The highest BCUT2D eigenvalue weighted by Crippen LogP contribution is 2.21. The van der Waals surface area contributed by atoms with Gasteiger partial charge in [0, 0.05) is 30.2 Å². The first-order valence-corrected chi connectivity index (χ1v) is 5.80. The molecule has 0 saturated heterocycles. The van der Waals surface area contributed by atoms with Gasteiger partial charge in [0.15, 0.2) is 0 Å². The van der Waals surface area contributed by atoms with Crippen LogP contribution in [0.3, 0.4) is 0 Å². The summed E-state index contributed by atoms with van der Waals surface area (Å²) < 4.78 is 5.06. The van der Waals surface area contributed by atoms with Crippen LogP contribution in [0.1, 0.15) is 13.8 Å². The van der Waals surface area contributed by atoms with Crippen molar-refractivity contribution >= 4 is 21.9 Å². The quantitative estimate of drug-likeness (QED) is 0.788. The Balaban J connectivity index is 2.95. The van der Waals surface area contributed by atoms with Crippen LogP contribution < -0.4 is 9.64 Å². The minimum absolute atomic E-state index is 0.0354. The molecular formula is C10H16BrN3O. The van der Waals surface area contributed by atoms with Crippen LogP contribution in [0.2, 0.25) is 0 Å². The Bertz CT molecular complexity index is 330. The molecule has 0 bridgehead atoms. The van der Waals surface area contributed by atoms with Crippen molar-refractivity contribution in [1.82, 2.24) is 9.97 Å². The molecule has 5 heteroatoms. The van der Waals surface area contributed by atoms with Gasteiger partial charge in [0.25, 0.3) is 0 Å². The third kappa shape index (κ3) is 2.81. The number of alkyl halides is 1. The van der Waals surface area contributed by atoms with E-state index in [2.05, 4.69) is 39.7 Å². The van der Waals surface area contributed by atoms with E-state index in [4.69, 9.17) is 4.74 Å². The number of ether oxygens (including phenoxy) is 1. The van der Waals surface area contributed by atoms with E-state index in [9.17, 15) is 0 Å². The molecule has 0 aromatic carbocycles. The third-order valence-corrected chi connectivity index (χ3v) is 3.73. The molecule has 0 aliphatic carbocycles. The second-order valence-electron chi connectivity index (χ2n) is 3.90. The molecule has 0 radical (unpaired) electrons. The summed E-state index contributed by atoms with van der Waals surface area (Å²) in [4.78, 5) is 10.5. The summed E-state index contributed by atoms with van der Waals surface area (Å²) in [5.41, 5.74) is -0.0354. The molecule has 0 atom stereocenters. The fourth-order valence-electron chi connectivity index (χ4n) is 0.968. The second kappa shape index (κ2) is 4.79. The van der Waals surface area contributed by atoms with Crippen LogP contribution in [0.15, 0.2) is 12.3 Å². The lowest BCUT2D eigenvalue weighted by atomic mass is 10.1. The van der Waals surface area contributed by atoms with Gasteiger partial charge in [-0.3, -0.25) is 0 Å². The Morgan fingerprint density at radius 2 is 2.20 bits per heavy atom. The summed E-state index contributed by atoms with van der Waals surface area (Å²) in [6, 6.07) is 1.73. The molecule has 1 aromatic heterocycles. The Labute approximate surface area is 98.8 Å². The van der Waals surface area contributed by atoms with Gasteiger partial charge in [0.05, 0.1) is 7.11 Å². The smallest absolute Gasteiger partial charge is 0.228 e.